The van der Waals surface area contributed by atoms with Gasteiger partial charge in [0, 0.05) is 6.54 Å². The fraction of sp³-hybridized carbons (Fsp3) is 0.462. The highest BCUT2D eigenvalue weighted by Gasteiger charge is 2.31. The number of amides is 1. The van der Waals surface area contributed by atoms with E-state index in [9.17, 15) is 9.18 Å². The van der Waals surface area contributed by atoms with Gasteiger partial charge in [0.05, 0.1) is 13.7 Å². The van der Waals surface area contributed by atoms with Crippen LogP contribution in [-0.4, -0.2) is 31.0 Å². The number of carbonyl (C=O) groups excluding carboxylic acids is 1. The number of carbonyl (C=O) groups is 1. The van der Waals surface area contributed by atoms with E-state index >= 15 is 0 Å². The van der Waals surface area contributed by atoms with Gasteiger partial charge in [-0.25, -0.2) is 4.39 Å². The summed E-state index contributed by atoms with van der Waals surface area (Å²) in [6.07, 6.45) is 0.639. The van der Waals surface area contributed by atoms with E-state index in [1.165, 1.54) is 13.2 Å². The van der Waals surface area contributed by atoms with Gasteiger partial charge >= 0.3 is 0 Å². The predicted octanol–water partition coefficient (Wildman–Crippen LogP) is 1.67. The summed E-state index contributed by atoms with van der Waals surface area (Å²) in [5.74, 6) is -0.143. The van der Waals surface area contributed by atoms with Crippen molar-refractivity contribution in [3.63, 3.8) is 0 Å². The maximum atomic E-state index is 13.7. The molecule has 1 N–H and O–H groups in total. The van der Waals surface area contributed by atoms with Crippen LogP contribution >= 0.6 is 0 Å². The molecule has 0 aromatic heterocycles. The van der Waals surface area contributed by atoms with E-state index in [1.54, 1.807) is 17.0 Å². The SMILES string of the molecule is CCCN1C(=O)CNC1c1ccc(OC)c(F)c1. The molecule has 1 fully saturated rings. The van der Waals surface area contributed by atoms with Crippen LogP contribution in [0.4, 0.5) is 4.39 Å². The van der Waals surface area contributed by atoms with Crippen molar-refractivity contribution in [3.05, 3.63) is 29.6 Å². The normalized spacial score (nSPS) is 19.4. The summed E-state index contributed by atoms with van der Waals surface area (Å²) in [6.45, 7) is 2.99. The summed E-state index contributed by atoms with van der Waals surface area (Å²) < 4.78 is 18.5. The predicted molar refractivity (Wildman–Crippen MR) is 65.7 cm³/mol. The molecule has 1 aliphatic heterocycles. The first-order chi connectivity index (χ1) is 8.67. The summed E-state index contributed by atoms with van der Waals surface area (Å²) in [4.78, 5) is 13.4. The summed E-state index contributed by atoms with van der Waals surface area (Å²) in [5.41, 5.74) is 0.743. The molecule has 1 saturated heterocycles. The minimum atomic E-state index is -0.410. The van der Waals surface area contributed by atoms with Crippen LogP contribution in [0.5, 0.6) is 5.75 Å². The standard InChI is InChI=1S/C13H17FN2O2/c1-3-6-16-12(17)8-15-13(16)9-4-5-11(18-2)10(14)7-9/h4-5,7,13,15H,3,6,8H2,1-2H3. The number of benzene rings is 1. The van der Waals surface area contributed by atoms with Crippen molar-refractivity contribution in [1.29, 1.82) is 0 Å². The molecule has 1 aromatic rings. The molecule has 1 heterocycles. The molecule has 0 spiro atoms. The second-order valence-electron chi connectivity index (χ2n) is 4.26. The Bertz CT molecular complexity index is 451. The number of nitrogens with zero attached hydrogens (tertiary/aromatic N) is 1. The molecule has 0 radical (unpaired) electrons. The van der Waals surface area contributed by atoms with Crippen molar-refractivity contribution in [2.75, 3.05) is 20.2 Å². The Labute approximate surface area is 106 Å². The van der Waals surface area contributed by atoms with Crippen LogP contribution in [0.3, 0.4) is 0 Å². The number of hydrogen-bond donors (Lipinski definition) is 1. The van der Waals surface area contributed by atoms with E-state index < -0.39 is 5.82 Å². The second kappa shape index (κ2) is 5.35. The van der Waals surface area contributed by atoms with Gasteiger partial charge in [0.1, 0.15) is 6.17 Å². The lowest BCUT2D eigenvalue weighted by Crippen LogP contribution is -2.31. The van der Waals surface area contributed by atoms with Crippen molar-refractivity contribution in [1.82, 2.24) is 10.2 Å². The van der Waals surface area contributed by atoms with Crippen molar-refractivity contribution < 1.29 is 13.9 Å². The zero-order valence-corrected chi connectivity index (χ0v) is 10.6. The van der Waals surface area contributed by atoms with E-state index in [1.807, 2.05) is 6.92 Å². The Hall–Kier alpha value is -1.62. The van der Waals surface area contributed by atoms with Crippen molar-refractivity contribution in [2.45, 2.75) is 19.5 Å². The first-order valence-electron chi connectivity index (χ1n) is 6.03. The molecule has 98 valence electrons. The molecule has 5 heteroatoms. The molecule has 1 aromatic carbocycles. The molecule has 1 atom stereocenters. The molecular weight excluding hydrogens is 235 g/mol. The number of ether oxygens (including phenoxy) is 1. The minimum Gasteiger partial charge on any atom is -0.494 e. The number of methoxy groups -OCH3 is 1. The Balaban J connectivity index is 2.25. The number of hydrogen-bond acceptors (Lipinski definition) is 3. The maximum Gasteiger partial charge on any atom is 0.238 e. The fourth-order valence-corrected chi connectivity index (χ4v) is 2.18. The summed E-state index contributed by atoms with van der Waals surface area (Å²) >= 11 is 0. The van der Waals surface area contributed by atoms with Crippen LogP contribution in [0.1, 0.15) is 25.1 Å². The van der Waals surface area contributed by atoms with E-state index in [2.05, 4.69) is 5.32 Å². The minimum absolute atomic E-state index is 0.0538. The molecule has 0 bridgehead atoms. The van der Waals surface area contributed by atoms with Crippen LogP contribution < -0.4 is 10.1 Å². The van der Waals surface area contributed by atoms with Gasteiger partial charge in [0.15, 0.2) is 11.6 Å². The van der Waals surface area contributed by atoms with Gasteiger partial charge in [-0.05, 0) is 24.1 Å². The van der Waals surface area contributed by atoms with Crippen LogP contribution in [0.15, 0.2) is 18.2 Å². The monoisotopic (exact) mass is 252 g/mol. The lowest BCUT2D eigenvalue weighted by Gasteiger charge is -2.24. The quantitative estimate of drug-likeness (QED) is 0.886. The highest BCUT2D eigenvalue weighted by atomic mass is 19.1. The lowest BCUT2D eigenvalue weighted by molar-refractivity contribution is -0.128. The van der Waals surface area contributed by atoms with Gasteiger partial charge in [0.25, 0.3) is 0 Å². The van der Waals surface area contributed by atoms with E-state index in [0.29, 0.717) is 13.1 Å². The molecule has 1 aliphatic rings. The lowest BCUT2D eigenvalue weighted by atomic mass is 10.1. The highest BCUT2D eigenvalue weighted by molar-refractivity contribution is 5.80. The molecular formula is C13H17FN2O2. The zero-order chi connectivity index (χ0) is 13.1. The number of halogens is 1. The molecule has 0 aliphatic carbocycles. The molecule has 2 rings (SSSR count). The van der Waals surface area contributed by atoms with Gasteiger partial charge < -0.3 is 9.64 Å². The molecule has 18 heavy (non-hydrogen) atoms. The van der Waals surface area contributed by atoms with Crippen LogP contribution in [0, 0.1) is 5.82 Å². The third-order valence-corrected chi connectivity index (χ3v) is 3.03. The molecule has 0 saturated carbocycles. The summed E-state index contributed by atoms with van der Waals surface area (Å²) in [5, 5.41) is 3.09. The smallest absolute Gasteiger partial charge is 0.238 e. The van der Waals surface area contributed by atoms with Gasteiger partial charge in [-0.3, -0.25) is 10.1 Å². The van der Waals surface area contributed by atoms with E-state index in [0.717, 1.165) is 12.0 Å². The largest absolute Gasteiger partial charge is 0.494 e. The van der Waals surface area contributed by atoms with E-state index in [4.69, 9.17) is 4.74 Å². The number of nitrogens with one attached hydrogen (secondary N) is 1. The topological polar surface area (TPSA) is 41.6 Å². The van der Waals surface area contributed by atoms with E-state index in [-0.39, 0.29) is 17.8 Å². The first kappa shape index (κ1) is 12.8. The fourth-order valence-electron chi connectivity index (χ4n) is 2.18. The van der Waals surface area contributed by atoms with Gasteiger partial charge in [-0.2, -0.15) is 0 Å². The summed E-state index contributed by atoms with van der Waals surface area (Å²) in [6, 6.07) is 4.78. The van der Waals surface area contributed by atoms with Crippen LogP contribution in [0.25, 0.3) is 0 Å². The molecule has 1 unspecified atom stereocenters. The number of rotatable bonds is 4. The average Bonchev–Trinajstić information content (AvgIpc) is 2.72. The van der Waals surface area contributed by atoms with Gasteiger partial charge in [0.2, 0.25) is 5.91 Å². The van der Waals surface area contributed by atoms with Gasteiger partial charge in [-0.1, -0.05) is 13.0 Å². The zero-order valence-electron chi connectivity index (χ0n) is 10.6. The Morgan fingerprint density at radius 1 is 1.56 bits per heavy atom. The maximum absolute atomic E-state index is 13.7. The third-order valence-electron chi connectivity index (χ3n) is 3.03. The third kappa shape index (κ3) is 2.31. The Morgan fingerprint density at radius 2 is 2.33 bits per heavy atom. The Morgan fingerprint density at radius 3 is 2.94 bits per heavy atom. The van der Waals surface area contributed by atoms with Gasteiger partial charge in [-0.15, -0.1) is 0 Å². The molecule has 4 nitrogen and oxygen atoms in total. The highest BCUT2D eigenvalue weighted by Crippen LogP contribution is 2.26. The van der Waals surface area contributed by atoms with Crippen LogP contribution in [0.2, 0.25) is 0 Å². The van der Waals surface area contributed by atoms with Crippen molar-refractivity contribution in [2.24, 2.45) is 0 Å². The average molecular weight is 252 g/mol. The first-order valence-corrected chi connectivity index (χ1v) is 6.03. The van der Waals surface area contributed by atoms with Crippen molar-refractivity contribution >= 4 is 5.91 Å². The van der Waals surface area contributed by atoms with Crippen LogP contribution in [-0.2, 0) is 4.79 Å². The molecule has 1 amide bonds. The summed E-state index contributed by atoms with van der Waals surface area (Å²) in [7, 11) is 1.43. The van der Waals surface area contributed by atoms with Crippen molar-refractivity contribution in [3.8, 4) is 5.75 Å². The second-order valence-corrected chi connectivity index (χ2v) is 4.26. The Kier molecular flexibility index (Phi) is 3.81.